The highest BCUT2D eigenvalue weighted by Gasteiger charge is 2.31. The van der Waals surface area contributed by atoms with E-state index in [0.29, 0.717) is 0 Å². The van der Waals surface area contributed by atoms with Crippen molar-refractivity contribution in [1.82, 2.24) is 0 Å². The van der Waals surface area contributed by atoms with E-state index in [1.807, 2.05) is 0 Å². The molecule has 0 bridgehead atoms. The predicted octanol–water partition coefficient (Wildman–Crippen LogP) is 0.441. The molecule has 1 aromatic rings. The molecule has 20 heavy (non-hydrogen) atoms. The van der Waals surface area contributed by atoms with Crippen LogP contribution in [-0.4, -0.2) is 40.4 Å². The van der Waals surface area contributed by atoms with Gasteiger partial charge in [0.05, 0.1) is 39.8 Å². The zero-order valence-corrected chi connectivity index (χ0v) is 11.6. The lowest BCUT2D eigenvalue weighted by atomic mass is 10.0. The molecule has 8 heteroatoms. The standard InChI is InChI=1S/C12H16N2O6/c1-17-9-5(11(15)19-3)7(13)10(18-2)8(14)6(9)12(16)20-4/h13-14H2,1-4H3. The SMILES string of the molecule is COC(=O)c1c(N)c(OC)c(N)c(C(=O)OC)c1OC. The number of methoxy groups -OCH3 is 4. The number of carbonyl (C=O) groups excluding carboxylic acids is 2. The van der Waals surface area contributed by atoms with Crippen LogP contribution in [0.2, 0.25) is 0 Å². The molecule has 0 atom stereocenters. The number of carbonyl (C=O) groups is 2. The highest BCUT2D eigenvalue weighted by Crippen LogP contribution is 2.43. The average molecular weight is 284 g/mol. The molecule has 0 fully saturated rings. The molecule has 0 heterocycles. The van der Waals surface area contributed by atoms with Crippen molar-refractivity contribution in [3.05, 3.63) is 11.1 Å². The summed E-state index contributed by atoms with van der Waals surface area (Å²) in [5.41, 5.74) is 11.2. The van der Waals surface area contributed by atoms with E-state index in [-0.39, 0.29) is 34.0 Å². The van der Waals surface area contributed by atoms with E-state index in [9.17, 15) is 9.59 Å². The summed E-state index contributed by atoms with van der Waals surface area (Å²) in [4.78, 5) is 23.7. The summed E-state index contributed by atoms with van der Waals surface area (Å²) < 4.78 is 19.3. The van der Waals surface area contributed by atoms with Gasteiger partial charge in [-0.2, -0.15) is 0 Å². The lowest BCUT2D eigenvalue weighted by Gasteiger charge is -2.18. The van der Waals surface area contributed by atoms with Crippen molar-refractivity contribution >= 4 is 23.3 Å². The van der Waals surface area contributed by atoms with Crippen molar-refractivity contribution in [1.29, 1.82) is 0 Å². The lowest BCUT2D eigenvalue weighted by molar-refractivity contribution is 0.0593. The third-order valence-corrected chi connectivity index (χ3v) is 2.67. The Bertz CT molecular complexity index is 512. The predicted molar refractivity (Wildman–Crippen MR) is 71.0 cm³/mol. The molecule has 0 aliphatic carbocycles. The van der Waals surface area contributed by atoms with Crippen LogP contribution in [0.5, 0.6) is 11.5 Å². The van der Waals surface area contributed by atoms with Crippen molar-refractivity contribution < 1.29 is 28.5 Å². The Kier molecular flexibility index (Phi) is 4.63. The van der Waals surface area contributed by atoms with Crippen LogP contribution in [0.1, 0.15) is 20.7 Å². The van der Waals surface area contributed by atoms with Gasteiger partial charge in [0, 0.05) is 0 Å². The topological polar surface area (TPSA) is 123 Å². The normalized spacial score (nSPS) is 9.80. The Hall–Kier alpha value is -2.64. The van der Waals surface area contributed by atoms with Gasteiger partial charge in [0.1, 0.15) is 11.1 Å². The maximum atomic E-state index is 11.8. The lowest BCUT2D eigenvalue weighted by Crippen LogP contribution is -2.16. The third-order valence-electron chi connectivity index (χ3n) is 2.67. The summed E-state index contributed by atoms with van der Waals surface area (Å²) in [6, 6.07) is 0. The monoisotopic (exact) mass is 284 g/mol. The van der Waals surface area contributed by atoms with Gasteiger partial charge in [-0.3, -0.25) is 0 Å². The van der Waals surface area contributed by atoms with Crippen molar-refractivity contribution in [2.45, 2.75) is 0 Å². The highest BCUT2D eigenvalue weighted by molar-refractivity contribution is 6.09. The van der Waals surface area contributed by atoms with Gasteiger partial charge in [-0.1, -0.05) is 0 Å². The van der Waals surface area contributed by atoms with Crippen molar-refractivity contribution in [3.63, 3.8) is 0 Å². The molecule has 4 N–H and O–H groups in total. The van der Waals surface area contributed by atoms with Gasteiger partial charge >= 0.3 is 11.9 Å². The fourth-order valence-electron chi connectivity index (χ4n) is 1.78. The Morgan fingerprint density at radius 3 is 1.35 bits per heavy atom. The van der Waals surface area contributed by atoms with Crippen molar-refractivity contribution in [2.75, 3.05) is 39.9 Å². The molecule has 1 rings (SSSR count). The van der Waals surface area contributed by atoms with Crippen LogP contribution in [0.4, 0.5) is 11.4 Å². The Morgan fingerprint density at radius 1 is 0.750 bits per heavy atom. The first-order chi connectivity index (χ1) is 9.44. The minimum atomic E-state index is -0.789. The summed E-state index contributed by atoms with van der Waals surface area (Å²) in [6.45, 7) is 0. The molecule has 0 radical (unpaired) electrons. The Morgan fingerprint density at radius 2 is 1.10 bits per heavy atom. The molecule has 0 saturated heterocycles. The smallest absolute Gasteiger partial charge is 0.343 e. The fourth-order valence-corrected chi connectivity index (χ4v) is 1.78. The van der Waals surface area contributed by atoms with E-state index >= 15 is 0 Å². The van der Waals surface area contributed by atoms with Crippen LogP contribution in [0, 0.1) is 0 Å². The second kappa shape index (κ2) is 6.00. The molecule has 0 saturated carbocycles. The quantitative estimate of drug-likeness (QED) is 0.603. The number of rotatable bonds is 4. The first-order valence-corrected chi connectivity index (χ1v) is 5.44. The zero-order valence-electron chi connectivity index (χ0n) is 11.6. The average Bonchev–Trinajstić information content (AvgIpc) is 2.45. The largest absolute Gasteiger partial charge is 0.495 e. The number of hydrogen-bond donors (Lipinski definition) is 2. The maximum absolute atomic E-state index is 11.8. The van der Waals surface area contributed by atoms with E-state index in [1.54, 1.807) is 0 Å². The summed E-state index contributed by atoms with van der Waals surface area (Å²) in [7, 11) is 4.90. The number of nitrogen functional groups attached to an aromatic ring is 2. The second-order valence-corrected chi connectivity index (χ2v) is 3.63. The number of ether oxygens (including phenoxy) is 4. The third kappa shape index (κ3) is 2.27. The molecule has 0 aliphatic rings. The van der Waals surface area contributed by atoms with Gasteiger partial charge in [0.25, 0.3) is 0 Å². The summed E-state index contributed by atoms with van der Waals surface area (Å²) in [5, 5.41) is 0. The number of hydrogen-bond acceptors (Lipinski definition) is 8. The number of nitrogens with two attached hydrogens (primary N) is 2. The second-order valence-electron chi connectivity index (χ2n) is 3.63. The first kappa shape index (κ1) is 15.4. The van der Waals surface area contributed by atoms with Gasteiger partial charge in [0.15, 0.2) is 11.5 Å². The van der Waals surface area contributed by atoms with E-state index < -0.39 is 11.9 Å². The minimum Gasteiger partial charge on any atom is -0.495 e. The van der Waals surface area contributed by atoms with Crippen LogP contribution in [0.25, 0.3) is 0 Å². The van der Waals surface area contributed by atoms with Gasteiger partial charge in [0.2, 0.25) is 0 Å². The van der Waals surface area contributed by atoms with Crippen LogP contribution in [-0.2, 0) is 9.47 Å². The Balaban J connectivity index is 3.84. The zero-order chi connectivity index (χ0) is 15.4. The Labute approximate surface area is 115 Å². The molecule has 110 valence electrons. The molecule has 0 aromatic heterocycles. The number of anilines is 2. The molecule has 8 nitrogen and oxygen atoms in total. The summed E-state index contributed by atoms with van der Waals surface area (Å²) >= 11 is 0. The number of benzene rings is 1. The molecule has 0 amide bonds. The van der Waals surface area contributed by atoms with Crippen LogP contribution < -0.4 is 20.9 Å². The molecule has 0 unspecified atom stereocenters. The van der Waals surface area contributed by atoms with Crippen LogP contribution >= 0.6 is 0 Å². The van der Waals surface area contributed by atoms with Crippen LogP contribution in [0.15, 0.2) is 0 Å². The van der Waals surface area contributed by atoms with Crippen LogP contribution in [0.3, 0.4) is 0 Å². The van der Waals surface area contributed by atoms with E-state index in [4.69, 9.17) is 20.9 Å². The molecular weight excluding hydrogens is 268 g/mol. The maximum Gasteiger partial charge on any atom is 0.343 e. The summed E-state index contributed by atoms with van der Waals surface area (Å²) in [5.74, 6) is -1.73. The van der Waals surface area contributed by atoms with Crippen molar-refractivity contribution in [2.24, 2.45) is 0 Å². The summed E-state index contributed by atoms with van der Waals surface area (Å²) in [6.07, 6.45) is 0. The van der Waals surface area contributed by atoms with Crippen molar-refractivity contribution in [3.8, 4) is 11.5 Å². The number of esters is 2. The fraction of sp³-hybridized carbons (Fsp3) is 0.333. The molecule has 0 aliphatic heterocycles. The van der Waals surface area contributed by atoms with E-state index in [2.05, 4.69) is 9.47 Å². The van der Waals surface area contributed by atoms with E-state index in [0.717, 1.165) is 0 Å². The van der Waals surface area contributed by atoms with Gasteiger partial charge < -0.3 is 30.4 Å². The minimum absolute atomic E-state index is 0.0217. The van der Waals surface area contributed by atoms with Gasteiger partial charge in [-0.15, -0.1) is 0 Å². The highest BCUT2D eigenvalue weighted by atomic mass is 16.5. The molecule has 1 aromatic carbocycles. The van der Waals surface area contributed by atoms with E-state index in [1.165, 1.54) is 28.4 Å². The van der Waals surface area contributed by atoms with Gasteiger partial charge in [-0.25, -0.2) is 9.59 Å². The molecular formula is C12H16N2O6. The first-order valence-electron chi connectivity index (χ1n) is 5.44. The van der Waals surface area contributed by atoms with Gasteiger partial charge in [-0.05, 0) is 0 Å². The molecule has 0 spiro atoms.